The van der Waals surface area contributed by atoms with Crippen LogP contribution in [0.4, 0.5) is 0 Å². The van der Waals surface area contributed by atoms with Crippen LogP contribution in [0.3, 0.4) is 0 Å². The van der Waals surface area contributed by atoms with E-state index in [1.807, 2.05) is 29.0 Å². The molecule has 2 N–H and O–H groups in total. The summed E-state index contributed by atoms with van der Waals surface area (Å²) < 4.78 is 32.6. The number of benzene rings is 1. The van der Waals surface area contributed by atoms with Crippen LogP contribution >= 0.6 is 22.9 Å². The van der Waals surface area contributed by atoms with E-state index >= 15 is 0 Å². The number of furan rings is 1. The molecule has 0 bridgehead atoms. The quantitative estimate of drug-likeness (QED) is 0.572. The number of hydrogen-bond acceptors (Lipinski definition) is 5. The number of halogens is 1. The molecule has 0 aliphatic rings. The molecule has 3 rings (SSSR count). The fourth-order valence-corrected chi connectivity index (χ4v) is 4.86. The van der Waals surface area contributed by atoms with Crippen molar-refractivity contribution in [1.29, 1.82) is 0 Å². The Morgan fingerprint density at radius 3 is 2.34 bits per heavy atom. The summed E-state index contributed by atoms with van der Waals surface area (Å²) in [5.74, 6) is -0.609. The predicted octanol–water partition coefficient (Wildman–Crippen LogP) is 4.59. The Balaban J connectivity index is 1.84. The first-order chi connectivity index (χ1) is 13.5. The highest BCUT2D eigenvalue weighted by Crippen LogP contribution is 2.26. The fourth-order valence-electron chi connectivity index (χ4n) is 2.70. The molecule has 1 atom stereocenters. The highest BCUT2D eigenvalue weighted by Gasteiger charge is 2.27. The first kappa shape index (κ1) is 21.6. The van der Waals surface area contributed by atoms with Crippen LogP contribution in [0.1, 0.15) is 48.5 Å². The summed E-state index contributed by atoms with van der Waals surface area (Å²) >= 11 is 7.48. The number of thiophene rings is 1. The largest absolute Gasteiger partial charge is 0.438 e. The van der Waals surface area contributed by atoms with Crippen molar-refractivity contribution in [2.24, 2.45) is 0 Å². The van der Waals surface area contributed by atoms with Crippen molar-refractivity contribution in [3.8, 4) is 0 Å². The Labute approximate surface area is 178 Å². The lowest BCUT2D eigenvalue weighted by Gasteiger charge is -2.19. The van der Waals surface area contributed by atoms with Gasteiger partial charge in [0.1, 0.15) is 0 Å². The average Bonchev–Trinajstić information content (AvgIpc) is 3.30. The van der Waals surface area contributed by atoms with E-state index in [1.54, 1.807) is 32.9 Å². The molecule has 0 saturated heterocycles. The topological polar surface area (TPSA) is 88.4 Å². The third-order valence-electron chi connectivity index (χ3n) is 3.87. The molecule has 6 nitrogen and oxygen atoms in total. The molecule has 2 aromatic heterocycles. The summed E-state index contributed by atoms with van der Waals surface area (Å²) in [4.78, 5) is 12.8. The van der Waals surface area contributed by atoms with Crippen molar-refractivity contribution >= 4 is 38.9 Å². The van der Waals surface area contributed by atoms with Crippen LogP contribution in [0.25, 0.3) is 0 Å². The summed E-state index contributed by atoms with van der Waals surface area (Å²) in [6.45, 7) is 5.16. The van der Waals surface area contributed by atoms with Crippen molar-refractivity contribution in [3.05, 3.63) is 75.1 Å². The summed E-state index contributed by atoms with van der Waals surface area (Å²) in [7, 11) is -3.87. The second-order valence-corrected chi connectivity index (χ2v) is 10.3. The molecular weight excluding hydrogens is 432 g/mol. The van der Waals surface area contributed by atoms with Crippen molar-refractivity contribution in [2.75, 3.05) is 0 Å². The van der Waals surface area contributed by atoms with Gasteiger partial charge in [-0.3, -0.25) is 4.79 Å². The first-order valence-corrected chi connectivity index (χ1v) is 11.6. The van der Waals surface area contributed by atoms with Gasteiger partial charge in [0.05, 0.1) is 6.04 Å². The predicted molar refractivity (Wildman–Crippen MR) is 114 cm³/mol. The number of nitrogens with one attached hydrogen (secondary N) is 2. The van der Waals surface area contributed by atoms with Gasteiger partial charge in [-0.15, -0.1) is 0 Å². The minimum absolute atomic E-state index is 0.0894. The van der Waals surface area contributed by atoms with Crippen LogP contribution in [-0.4, -0.2) is 19.9 Å². The van der Waals surface area contributed by atoms with Crippen LogP contribution in [0.2, 0.25) is 5.02 Å². The molecule has 1 unspecified atom stereocenters. The van der Waals surface area contributed by atoms with Crippen LogP contribution in [0, 0.1) is 0 Å². The lowest BCUT2D eigenvalue weighted by atomic mass is 10.0. The van der Waals surface area contributed by atoms with Gasteiger partial charge < -0.3 is 9.73 Å². The highest BCUT2D eigenvalue weighted by molar-refractivity contribution is 7.89. The molecule has 0 spiro atoms. The minimum Gasteiger partial charge on any atom is -0.438 e. The lowest BCUT2D eigenvalue weighted by Crippen LogP contribution is -2.40. The fraction of sp³-hybridized carbons (Fsp3) is 0.250. The number of amides is 1. The zero-order valence-electron chi connectivity index (χ0n) is 16.1. The smallest absolute Gasteiger partial charge is 0.287 e. The Bertz CT molecular complexity index is 1080. The molecular formula is C20H21ClN2O4S2. The maximum absolute atomic E-state index is 12.8. The van der Waals surface area contributed by atoms with Crippen molar-refractivity contribution in [2.45, 2.75) is 37.4 Å². The van der Waals surface area contributed by atoms with E-state index in [4.69, 9.17) is 16.0 Å². The number of carbonyl (C=O) groups is 1. The summed E-state index contributed by atoms with van der Waals surface area (Å²) in [5.41, 5.74) is 1.07. The maximum Gasteiger partial charge on any atom is 0.287 e. The molecule has 0 saturated carbocycles. The second kappa shape index (κ2) is 8.31. The lowest BCUT2D eigenvalue weighted by molar-refractivity contribution is 0.0909. The zero-order valence-corrected chi connectivity index (χ0v) is 18.5. The zero-order chi connectivity index (χ0) is 21.2. The number of carbonyl (C=O) groups excluding carboxylic acids is 1. The Morgan fingerprint density at radius 2 is 1.76 bits per heavy atom. The van der Waals surface area contributed by atoms with E-state index in [0.29, 0.717) is 5.02 Å². The standard InChI is InChI=1S/C20H21ClN2O4S2/c1-20(2,3)23-29(25,26)17-9-8-16(27-17)19(24)22-18(14-10-11-28-12-14)13-4-6-15(21)7-5-13/h4-12,18,23H,1-3H3,(H,22,24). The molecule has 1 amide bonds. The molecule has 29 heavy (non-hydrogen) atoms. The third-order valence-corrected chi connectivity index (χ3v) is 6.45. The Morgan fingerprint density at radius 1 is 1.07 bits per heavy atom. The van der Waals surface area contributed by atoms with Crippen LogP contribution in [0.5, 0.6) is 0 Å². The highest BCUT2D eigenvalue weighted by atomic mass is 35.5. The van der Waals surface area contributed by atoms with E-state index in [0.717, 1.165) is 11.1 Å². The number of rotatable bonds is 6. The monoisotopic (exact) mass is 452 g/mol. The van der Waals surface area contributed by atoms with Crippen LogP contribution < -0.4 is 10.0 Å². The summed E-state index contributed by atoms with van der Waals surface area (Å²) in [5, 5.41) is 7.04. The maximum atomic E-state index is 12.8. The van der Waals surface area contributed by atoms with Gasteiger partial charge in [-0.2, -0.15) is 11.3 Å². The molecule has 0 radical (unpaired) electrons. The molecule has 0 aliphatic carbocycles. The van der Waals surface area contributed by atoms with Crippen molar-refractivity contribution in [1.82, 2.24) is 10.0 Å². The van der Waals surface area contributed by atoms with Gasteiger partial charge in [-0.25, -0.2) is 13.1 Å². The molecule has 1 aromatic carbocycles. The minimum atomic E-state index is -3.87. The number of sulfonamides is 1. The van der Waals surface area contributed by atoms with E-state index in [1.165, 1.54) is 23.5 Å². The molecule has 154 valence electrons. The normalized spacial score (nSPS) is 13.2. The second-order valence-electron chi connectivity index (χ2n) is 7.49. The first-order valence-electron chi connectivity index (χ1n) is 8.77. The van der Waals surface area contributed by atoms with E-state index in [2.05, 4.69) is 10.0 Å². The molecule has 3 aromatic rings. The molecule has 9 heteroatoms. The molecule has 0 fully saturated rings. The van der Waals surface area contributed by atoms with Gasteiger partial charge in [-0.1, -0.05) is 23.7 Å². The SMILES string of the molecule is CC(C)(C)NS(=O)(=O)c1ccc(C(=O)NC(c2ccc(Cl)cc2)c2ccsc2)o1. The van der Waals surface area contributed by atoms with Gasteiger partial charge in [0.15, 0.2) is 5.76 Å². The van der Waals surface area contributed by atoms with Gasteiger partial charge in [0.25, 0.3) is 15.9 Å². The Kier molecular flexibility index (Phi) is 6.19. The molecule has 2 heterocycles. The average molecular weight is 453 g/mol. The summed E-state index contributed by atoms with van der Waals surface area (Å²) in [6.07, 6.45) is 0. The van der Waals surface area contributed by atoms with Gasteiger partial charge in [0.2, 0.25) is 5.09 Å². The van der Waals surface area contributed by atoms with Crippen LogP contribution in [0.15, 0.2) is 62.7 Å². The van der Waals surface area contributed by atoms with Crippen LogP contribution in [-0.2, 0) is 10.0 Å². The van der Waals surface area contributed by atoms with Gasteiger partial charge in [-0.05, 0) is 73.0 Å². The van der Waals surface area contributed by atoms with E-state index in [9.17, 15) is 13.2 Å². The van der Waals surface area contributed by atoms with Gasteiger partial charge in [0, 0.05) is 10.6 Å². The summed E-state index contributed by atoms with van der Waals surface area (Å²) in [6, 6.07) is 11.3. The molecule has 0 aliphatic heterocycles. The van der Waals surface area contributed by atoms with E-state index in [-0.39, 0.29) is 10.9 Å². The van der Waals surface area contributed by atoms with Crippen molar-refractivity contribution in [3.63, 3.8) is 0 Å². The number of hydrogen-bond donors (Lipinski definition) is 2. The van der Waals surface area contributed by atoms with Crippen molar-refractivity contribution < 1.29 is 17.6 Å². The van der Waals surface area contributed by atoms with Gasteiger partial charge >= 0.3 is 0 Å². The Hall–Kier alpha value is -2.13. The third kappa shape index (κ3) is 5.48. The van der Waals surface area contributed by atoms with E-state index < -0.39 is 27.5 Å².